The number of nitrogens with one attached hydrogen (secondary N) is 1. The van der Waals surface area contributed by atoms with Gasteiger partial charge in [0, 0.05) is 25.8 Å². The summed E-state index contributed by atoms with van der Waals surface area (Å²) < 4.78 is 0. The molecule has 1 aromatic carbocycles. The number of imide groups is 1. The zero-order valence-electron chi connectivity index (χ0n) is 12.4. The predicted molar refractivity (Wildman–Crippen MR) is 87.4 cm³/mol. The summed E-state index contributed by atoms with van der Waals surface area (Å²) in [5.74, 6) is -0.323. The molecule has 1 aromatic rings. The molecule has 5 nitrogen and oxygen atoms in total. The normalized spacial score (nSPS) is 16.7. The maximum Gasteiger partial charge on any atom is 0.290 e. The second-order valence-corrected chi connectivity index (χ2v) is 6.15. The zero-order chi connectivity index (χ0) is 15.4. The molecule has 0 atom stereocenters. The summed E-state index contributed by atoms with van der Waals surface area (Å²) in [6.45, 7) is 1.82. The highest BCUT2D eigenvalue weighted by molar-refractivity contribution is 8.18. The first-order valence-electron chi connectivity index (χ1n) is 6.67. The van der Waals surface area contributed by atoms with Crippen LogP contribution in [0.5, 0.6) is 0 Å². The largest absolute Gasteiger partial charge is 0.373 e. The molecule has 0 radical (unpaired) electrons. The molecule has 2 rings (SSSR count). The van der Waals surface area contributed by atoms with Gasteiger partial charge in [0.15, 0.2) is 0 Å². The van der Waals surface area contributed by atoms with Crippen LogP contribution in [0.4, 0.5) is 10.5 Å². The van der Waals surface area contributed by atoms with E-state index in [1.807, 2.05) is 45.4 Å². The van der Waals surface area contributed by atoms with Gasteiger partial charge in [0.05, 0.1) is 4.91 Å². The average molecular weight is 305 g/mol. The Balaban J connectivity index is 2.23. The number of anilines is 1. The molecule has 21 heavy (non-hydrogen) atoms. The van der Waals surface area contributed by atoms with Crippen molar-refractivity contribution in [3.05, 3.63) is 34.7 Å². The van der Waals surface area contributed by atoms with Gasteiger partial charge in [0.25, 0.3) is 11.1 Å². The lowest BCUT2D eigenvalue weighted by Gasteiger charge is -2.23. The molecule has 1 heterocycles. The van der Waals surface area contributed by atoms with Crippen molar-refractivity contribution in [1.82, 2.24) is 10.2 Å². The highest BCUT2D eigenvalue weighted by atomic mass is 32.2. The standard InChI is InChI=1S/C15H19N3O2S/c1-17(2)8-9-18(3)12-7-5-4-6-11(12)10-13-14(19)16-15(20)21-13/h4-7,10H,8-9H2,1-3H3,(H,16,19,20)/b13-10-. The number of rotatable bonds is 5. The van der Waals surface area contributed by atoms with Crippen molar-refractivity contribution in [1.29, 1.82) is 0 Å². The Hall–Kier alpha value is -1.79. The number of hydrogen-bond donors (Lipinski definition) is 1. The minimum atomic E-state index is -0.323. The molecule has 0 aliphatic carbocycles. The van der Waals surface area contributed by atoms with Crippen LogP contribution in [0.25, 0.3) is 6.08 Å². The first kappa shape index (κ1) is 15.6. The van der Waals surface area contributed by atoms with E-state index >= 15 is 0 Å². The van der Waals surface area contributed by atoms with E-state index in [-0.39, 0.29) is 11.1 Å². The molecule has 1 aliphatic heterocycles. The molecule has 0 bridgehead atoms. The number of thioether (sulfide) groups is 1. The number of para-hydroxylation sites is 1. The highest BCUT2D eigenvalue weighted by Crippen LogP contribution is 2.29. The number of carbonyl (C=O) groups is 2. The second-order valence-electron chi connectivity index (χ2n) is 5.14. The molecule has 0 spiro atoms. The van der Waals surface area contributed by atoms with Gasteiger partial charge in [0.2, 0.25) is 0 Å². The third kappa shape index (κ3) is 4.09. The fourth-order valence-corrected chi connectivity index (χ4v) is 2.66. The Kier molecular flexibility index (Phi) is 5.03. The molecule has 1 aliphatic rings. The maximum atomic E-state index is 11.6. The SMILES string of the molecule is CN(C)CCN(C)c1ccccc1/C=C1\SC(=O)NC1=O. The molecular weight excluding hydrogens is 286 g/mol. The molecule has 0 aromatic heterocycles. The van der Waals surface area contributed by atoms with E-state index < -0.39 is 0 Å². The molecule has 112 valence electrons. The highest BCUT2D eigenvalue weighted by Gasteiger charge is 2.25. The van der Waals surface area contributed by atoms with Crippen LogP contribution >= 0.6 is 11.8 Å². The lowest BCUT2D eigenvalue weighted by molar-refractivity contribution is -0.115. The monoisotopic (exact) mass is 305 g/mol. The summed E-state index contributed by atoms with van der Waals surface area (Å²) in [5, 5.41) is 1.96. The van der Waals surface area contributed by atoms with Gasteiger partial charge in [-0.15, -0.1) is 0 Å². The van der Waals surface area contributed by atoms with Crippen molar-refractivity contribution in [3.8, 4) is 0 Å². The maximum absolute atomic E-state index is 11.6. The molecule has 2 amide bonds. The van der Waals surface area contributed by atoms with Crippen molar-refractivity contribution in [2.75, 3.05) is 39.1 Å². The van der Waals surface area contributed by atoms with Crippen LogP contribution in [-0.4, -0.2) is 50.3 Å². The fourth-order valence-electron chi connectivity index (χ4n) is 1.99. The van der Waals surface area contributed by atoms with E-state index in [9.17, 15) is 9.59 Å². The summed E-state index contributed by atoms with van der Waals surface area (Å²) in [6.07, 6.45) is 1.77. The number of benzene rings is 1. The van der Waals surface area contributed by atoms with Gasteiger partial charge < -0.3 is 9.80 Å². The van der Waals surface area contributed by atoms with E-state index in [1.165, 1.54) is 0 Å². The van der Waals surface area contributed by atoms with Crippen LogP contribution < -0.4 is 10.2 Å². The van der Waals surface area contributed by atoms with Crippen molar-refractivity contribution in [2.24, 2.45) is 0 Å². The first-order chi connectivity index (χ1) is 9.97. The molecule has 1 N–H and O–H groups in total. The molecule has 0 saturated carbocycles. The number of carbonyl (C=O) groups excluding carboxylic acids is 2. The molecule has 6 heteroatoms. The molecule has 1 fully saturated rings. The van der Waals surface area contributed by atoms with Crippen LogP contribution in [0.1, 0.15) is 5.56 Å². The molecular formula is C15H19N3O2S. The Morgan fingerprint density at radius 3 is 2.48 bits per heavy atom. The van der Waals surface area contributed by atoms with Gasteiger partial charge in [-0.2, -0.15) is 0 Å². The summed E-state index contributed by atoms with van der Waals surface area (Å²) in [5.41, 5.74) is 1.98. The minimum absolute atomic E-state index is 0.315. The average Bonchev–Trinajstić information content (AvgIpc) is 2.75. The van der Waals surface area contributed by atoms with Crippen LogP contribution in [0, 0.1) is 0 Å². The van der Waals surface area contributed by atoms with Gasteiger partial charge in [-0.05, 0) is 43.6 Å². The summed E-state index contributed by atoms with van der Waals surface area (Å²) in [4.78, 5) is 27.6. The number of hydrogen-bond acceptors (Lipinski definition) is 5. The van der Waals surface area contributed by atoms with E-state index in [0.29, 0.717) is 4.91 Å². The summed E-state index contributed by atoms with van der Waals surface area (Å²) in [7, 11) is 6.09. The summed E-state index contributed by atoms with van der Waals surface area (Å²) in [6, 6.07) is 7.86. The van der Waals surface area contributed by atoms with Crippen molar-refractivity contribution in [3.63, 3.8) is 0 Å². The third-order valence-electron chi connectivity index (χ3n) is 3.16. The molecule has 0 unspecified atom stereocenters. The van der Waals surface area contributed by atoms with Crippen LogP contribution in [0.2, 0.25) is 0 Å². The van der Waals surface area contributed by atoms with Gasteiger partial charge in [-0.3, -0.25) is 14.9 Å². The number of nitrogens with zero attached hydrogens (tertiary/aromatic N) is 2. The Bertz CT molecular complexity index is 584. The quantitative estimate of drug-likeness (QED) is 0.843. The number of amides is 2. The lowest BCUT2D eigenvalue weighted by atomic mass is 10.1. The van der Waals surface area contributed by atoms with Gasteiger partial charge in [0.1, 0.15) is 0 Å². The van der Waals surface area contributed by atoms with Crippen LogP contribution in [0.15, 0.2) is 29.2 Å². The van der Waals surface area contributed by atoms with Crippen molar-refractivity contribution < 1.29 is 9.59 Å². The van der Waals surface area contributed by atoms with Gasteiger partial charge in [-0.25, -0.2) is 0 Å². The van der Waals surface area contributed by atoms with Crippen molar-refractivity contribution >= 4 is 34.7 Å². The van der Waals surface area contributed by atoms with Crippen molar-refractivity contribution in [2.45, 2.75) is 0 Å². The predicted octanol–water partition coefficient (Wildman–Crippen LogP) is 2.01. The second kappa shape index (κ2) is 6.78. The zero-order valence-corrected chi connectivity index (χ0v) is 13.2. The minimum Gasteiger partial charge on any atom is -0.373 e. The Morgan fingerprint density at radius 2 is 1.86 bits per heavy atom. The van der Waals surface area contributed by atoms with Gasteiger partial charge >= 0.3 is 0 Å². The first-order valence-corrected chi connectivity index (χ1v) is 7.49. The lowest BCUT2D eigenvalue weighted by Crippen LogP contribution is -2.28. The van der Waals surface area contributed by atoms with Crippen LogP contribution in [0.3, 0.4) is 0 Å². The van der Waals surface area contributed by atoms with E-state index in [2.05, 4.69) is 15.1 Å². The number of likely N-dealkylation sites (N-methyl/N-ethyl adjacent to an activating group) is 2. The topological polar surface area (TPSA) is 52.6 Å². The van der Waals surface area contributed by atoms with Crippen LogP contribution in [-0.2, 0) is 4.79 Å². The Morgan fingerprint density at radius 1 is 1.14 bits per heavy atom. The van der Waals surface area contributed by atoms with E-state index in [0.717, 1.165) is 36.1 Å². The summed E-state index contributed by atoms with van der Waals surface area (Å²) >= 11 is 0.942. The fraction of sp³-hybridized carbons (Fsp3) is 0.333. The Labute approximate surface area is 129 Å². The molecule has 1 saturated heterocycles. The third-order valence-corrected chi connectivity index (χ3v) is 3.97. The van der Waals surface area contributed by atoms with E-state index in [1.54, 1.807) is 6.08 Å². The smallest absolute Gasteiger partial charge is 0.290 e. The van der Waals surface area contributed by atoms with E-state index in [4.69, 9.17) is 0 Å². The van der Waals surface area contributed by atoms with Gasteiger partial charge in [-0.1, -0.05) is 18.2 Å².